The van der Waals surface area contributed by atoms with Crippen molar-refractivity contribution in [1.82, 2.24) is 4.90 Å². The number of methoxy groups -OCH3 is 1. The molecule has 0 bridgehead atoms. The van der Waals surface area contributed by atoms with Gasteiger partial charge in [-0.25, -0.2) is 4.79 Å². The number of benzene rings is 2. The summed E-state index contributed by atoms with van der Waals surface area (Å²) in [6.45, 7) is 8.77. The molecule has 206 valence electrons. The zero-order valence-electron chi connectivity index (χ0n) is 22.8. The Morgan fingerprint density at radius 3 is 2.42 bits per heavy atom. The van der Waals surface area contributed by atoms with Gasteiger partial charge in [-0.2, -0.15) is 0 Å². The number of carbonyl (C=O) groups is 3. The highest BCUT2D eigenvalue weighted by Crippen LogP contribution is 2.31. The number of ether oxygens (including phenoxy) is 1. The second kappa shape index (κ2) is 13.8. The van der Waals surface area contributed by atoms with Crippen LogP contribution in [0, 0.1) is 18.8 Å². The number of hydrogen-bond acceptors (Lipinski definition) is 5. The van der Waals surface area contributed by atoms with Gasteiger partial charge in [0.05, 0.1) is 12.8 Å². The van der Waals surface area contributed by atoms with Crippen molar-refractivity contribution in [3.05, 3.63) is 48.0 Å². The normalized spacial score (nSPS) is 14.9. The first-order chi connectivity index (χ1) is 18.2. The Bertz CT molecular complexity index is 1110. The van der Waals surface area contributed by atoms with E-state index in [0.29, 0.717) is 23.9 Å². The molecule has 38 heavy (non-hydrogen) atoms. The second-order valence-electron chi connectivity index (χ2n) is 10.2. The van der Waals surface area contributed by atoms with E-state index in [9.17, 15) is 14.4 Å². The monoisotopic (exact) mass is 524 g/mol. The molecular weight excluding hydrogens is 484 g/mol. The van der Waals surface area contributed by atoms with Crippen LogP contribution in [0.2, 0.25) is 0 Å². The Labute approximate surface area is 225 Å². The Balaban J connectivity index is 1.56. The van der Waals surface area contributed by atoms with E-state index < -0.39 is 5.97 Å². The molecule has 0 saturated carbocycles. The van der Waals surface area contributed by atoms with Crippen LogP contribution >= 0.6 is 0 Å². The maximum Gasteiger partial charge on any atom is 0.323 e. The van der Waals surface area contributed by atoms with Gasteiger partial charge in [0.15, 0.2) is 0 Å². The molecule has 3 amide bonds. The first-order valence-corrected chi connectivity index (χ1v) is 13.2. The first kappa shape index (κ1) is 29.0. The van der Waals surface area contributed by atoms with Gasteiger partial charge in [-0.1, -0.05) is 25.1 Å². The van der Waals surface area contributed by atoms with Crippen LogP contribution in [-0.2, 0) is 9.59 Å². The molecule has 1 unspecified atom stereocenters. The number of carbonyl (C=O) groups excluding carboxylic acids is 2. The molecule has 3 N–H and O–H groups in total. The predicted octanol–water partition coefficient (Wildman–Crippen LogP) is 5.21. The number of anilines is 3. The minimum Gasteiger partial charge on any atom is -0.494 e. The highest BCUT2D eigenvalue weighted by atomic mass is 16.5. The SMILES string of the molecule is COc1cc(N(CCC2CCN(CC(C)CC(=O)O)CC2)C(C)=O)ccc1NC(=O)Nc1ccccc1C. The zero-order valence-corrected chi connectivity index (χ0v) is 22.8. The fourth-order valence-corrected chi connectivity index (χ4v) is 4.98. The number of nitrogens with one attached hydrogen (secondary N) is 2. The summed E-state index contributed by atoms with van der Waals surface area (Å²) in [4.78, 5) is 40.1. The number of hydrogen-bond donors (Lipinski definition) is 3. The number of urea groups is 1. The van der Waals surface area contributed by atoms with Crippen LogP contribution in [0.5, 0.6) is 5.75 Å². The lowest BCUT2D eigenvalue weighted by atomic mass is 9.92. The van der Waals surface area contributed by atoms with Crippen molar-refractivity contribution in [3.63, 3.8) is 0 Å². The number of carboxylic acid groups (broad SMARTS) is 1. The van der Waals surface area contributed by atoms with Crippen molar-refractivity contribution in [1.29, 1.82) is 0 Å². The van der Waals surface area contributed by atoms with Crippen LogP contribution in [-0.4, -0.2) is 61.2 Å². The lowest BCUT2D eigenvalue weighted by molar-refractivity contribution is -0.138. The summed E-state index contributed by atoms with van der Waals surface area (Å²) < 4.78 is 5.53. The molecule has 3 rings (SSSR count). The van der Waals surface area contributed by atoms with Crippen LogP contribution in [0.15, 0.2) is 42.5 Å². The first-order valence-electron chi connectivity index (χ1n) is 13.2. The number of amides is 3. The predicted molar refractivity (Wildman–Crippen MR) is 150 cm³/mol. The lowest BCUT2D eigenvalue weighted by Crippen LogP contribution is -2.38. The number of carboxylic acids is 1. The number of rotatable bonds is 11. The Hall–Kier alpha value is -3.59. The number of aliphatic carboxylic acids is 1. The average Bonchev–Trinajstić information content (AvgIpc) is 2.86. The fourth-order valence-electron chi connectivity index (χ4n) is 4.98. The van der Waals surface area contributed by atoms with E-state index in [4.69, 9.17) is 9.84 Å². The van der Waals surface area contributed by atoms with E-state index in [0.717, 1.165) is 55.8 Å². The third-order valence-electron chi connectivity index (χ3n) is 7.08. The van der Waals surface area contributed by atoms with Crippen molar-refractivity contribution in [2.45, 2.75) is 46.5 Å². The van der Waals surface area contributed by atoms with Gasteiger partial charge in [0.2, 0.25) is 5.91 Å². The van der Waals surface area contributed by atoms with Crippen LogP contribution in [0.3, 0.4) is 0 Å². The number of likely N-dealkylation sites (tertiary alicyclic amines) is 1. The lowest BCUT2D eigenvalue weighted by Gasteiger charge is -2.34. The topological polar surface area (TPSA) is 111 Å². The van der Waals surface area contributed by atoms with Gasteiger partial charge < -0.3 is 30.3 Å². The van der Waals surface area contributed by atoms with Gasteiger partial charge in [0.1, 0.15) is 5.75 Å². The molecule has 1 fully saturated rings. The third-order valence-corrected chi connectivity index (χ3v) is 7.08. The molecule has 1 atom stereocenters. The van der Waals surface area contributed by atoms with Gasteiger partial charge in [-0.05, 0) is 74.9 Å². The molecule has 1 aliphatic heterocycles. The van der Waals surface area contributed by atoms with Gasteiger partial charge in [-0.3, -0.25) is 9.59 Å². The molecule has 0 spiro atoms. The molecule has 9 nitrogen and oxygen atoms in total. The summed E-state index contributed by atoms with van der Waals surface area (Å²) in [7, 11) is 1.53. The van der Waals surface area contributed by atoms with Gasteiger partial charge in [0, 0.05) is 43.9 Å². The van der Waals surface area contributed by atoms with Crippen LogP contribution in [0.4, 0.5) is 21.9 Å². The largest absolute Gasteiger partial charge is 0.494 e. The van der Waals surface area contributed by atoms with Gasteiger partial charge in [-0.15, -0.1) is 0 Å². The van der Waals surface area contributed by atoms with Gasteiger partial charge >= 0.3 is 12.0 Å². The highest BCUT2D eigenvalue weighted by Gasteiger charge is 2.23. The molecule has 2 aromatic carbocycles. The van der Waals surface area contributed by atoms with E-state index in [1.165, 1.54) is 7.11 Å². The Kier molecular flexibility index (Phi) is 10.5. The molecule has 1 heterocycles. The summed E-state index contributed by atoms with van der Waals surface area (Å²) in [6, 6.07) is 12.5. The molecule has 2 aromatic rings. The van der Waals surface area contributed by atoms with Crippen LogP contribution in [0.1, 0.15) is 45.1 Å². The summed E-state index contributed by atoms with van der Waals surface area (Å²) in [5.74, 6) is 0.319. The van der Waals surface area contributed by atoms with E-state index in [1.54, 1.807) is 24.0 Å². The average molecular weight is 525 g/mol. The maximum atomic E-state index is 12.6. The fraction of sp³-hybridized carbons (Fsp3) is 0.483. The zero-order chi connectivity index (χ0) is 27.7. The van der Waals surface area contributed by atoms with Gasteiger partial charge in [0.25, 0.3) is 0 Å². The van der Waals surface area contributed by atoms with Crippen molar-refractivity contribution in [3.8, 4) is 5.75 Å². The van der Waals surface area contributed by atoms with Crippen molar-refractivity contribution < 1.29 is 24.2 Å². The Morgan fingerprint density at radius 2 is 1.79 bits per heavy atom. The van der Waals surface area contributed by atoms with E-state index in [-0.39, 0.29) is 24.3 Å². The van der Waals surface area contributed by atoms with E-state index in [1.807, 2.05) is 44.2 Å². The second-order valence-corrected chi connectivity index (χ2v) is 10.2. The Morgan fingerprint density at radius 1 is 1.11 bits per heavy atom. The van der Waals surface area contributed by atoms with Crippen LogP contribution < -0.4 is 20.3 Å². The summed E-state index contributed by atoms with van der Waals surface area (Å²) >= 11 is 0. The molecule has 0 aromatic heterocycles. The minimum atomic E-state index is -0.748. The summed E-state index contributed by atoms with van der Waals surface area (Å²) in [6.07, 6.45) is 3.16. The standard InChI is InChI=1S/C29H40N4O5/c1-20(17-28(35)36)19-32-14-11-23(12-15-32)13-16-33(22(3)34)24-9-10-26(27(18-24)38-4)31-29(37)30-25-8-6-5-7-21(25)2/h5-10,18,20,23H,11-17,19H2,1-4H3,(H,35,36)(H2,30,31,37). The minimum absolute atomic E-state index is 0.0509. The quantitative estimate of drug-likeness (QED) is 0.372. The maximum absolute atomic E-state index is 12.6. The third kappa shape index (κ3) is 8.48. The summed E-state index contributed by atoms with van der Waals surface area (Å²) in [5, 5.41) is 14.7. The number of aryl methyl sites for hydroxylation is 1. The molecule has 9 heteroatoms. The van der Waals surface area contributed by atoms with Crippen molar-refractivity contribution >= 4 is 35.0 Å². The molecule has 1 saturated heterocycles. The van der Waals surface area contributed by atoms with E-state index in [2.05, 4.69) is 15.5 Å². The highest BCUT2D eigenvalue weighted by molar-refractivity contribution is 6.01. The smallest absolute Gasteiger partial charge is 0.323 e. The van der Waals surface area contributed by atoms with E-state index >= 15 is 0 Å². The number of para-hydroxylation sites is 1. The number of piperidine rings is 1. The molecule has 0 aliphatic carbocycles. The molecule has 0 radical (unpaired) electrons. The van der Waals surface area contributed by atoms with Crippen molar-refractivity contribution in [2.24, 2.45) is 11.8 Å². The molecular formula is C29H40N4O5. The molecule has 1 aliphatic rings. The summed E-state index contributed by atoms with van der Waals surface area (Å²) in [5.41, 5.74) is 2.92. The number of nitrogens with zero attached hydrogens (tertiary/aromatic N) is 2. The van der Waals surface area contributed by atoms with Crippen molar-refractivity contribution in [2.75, 3.05) is 48.8 Å². The van der Waals surface area contributed by atoms with Crippen LogP contribution in [0.25, 0.3) is 0 Å².